The second-order valence-electron chi connectivity index (χ2n) is 5.54. The Morgan fingerprint density at radius 3 is 2.00 bits per heavy atom. The number of ether oxygens (including phenoxy) is 1. The number of hydrogen-bond acceptors (Lipinski definition) is 2. The highest BCUT2D eigenvalue weighted by molar-refractivity contribution is 5.42. The van der Waals surface area contributed by atoms with Crippen molar-refractivity contribution in [1.29, 1.82) is 0 Å². The summed E-state index contributed by atoms with van der Waals surface area (Å²) < 4.78 is 44.1. The van der Waals surface area contributed by atoms with Gasteiger partial charge in [0.2, 0.25) is 0 Å². The van der Waals surface area contributed by atoms with Gasteiger partial charge in [-0.05, 0) is 43.5 Å². The Morgan fingerprint density at radius 2 is 1.65 bits per heavy atom. The largest absolute Gasteiger partial charge is 0.493 e. The first-order chi connectivity index (χ1) is 9.13. The molecule has 0 fully saturated rings. The van der Waals surface area contributed by atoms with E-state index < -0.39 is 11.7 Å². The van der Waals surface area contributed by atoms with Crippen molar-refractivity contribution < 1.29 is 23.0 Å². The van der Waals surface area contributed by atoms with E-state index in [0.717, 1.165) is 6.42 Å². The lowest BCUT2D eigenvalue weighted by Gasteiger charge is -2.26. The molecule has 0 saturated carbocycles. The van der Waals surface area contributed by atoms with Crippen LogP contribution >= 0.6 is 0 Å². The van der Waals surface area contributed by atoms with Crippen LogP contribution < -0.4 is 4.74 Å². The molecule has 1 N–H and O–H groups in total. The maximum absolute atomic E-state index is 12.9. The van der Waals surface area contributed by atoms with Crippen LogP contribution in [-0.4, -0.2) is 18.3 Å². The first-order valence-electron chi connectivity index (χ1n) is 6.55. The van der Waals surface area contributed by atoms with Crippen molar-refractivity contribution in [2.75, 3.05) is 13.2 Å². The quantitative estimate of drug-likeness (QED) is 0.884. The van der Waals surface area contributed by atoms with Gasteiger partial charge in [-0.25, -0.2) is 0 Å². The van der Waals surface area contributed by atoms with Crippen molar-refractivity contribution in [3.05, 3.63) is 28.8 Å². The van der Waals surface area contributed by atoms with Gasteiger partial charge in [0.15, 0.2) is 0 Å². The molecule has 114 valence electrons. The van der Waals surface area contributed by atoms with Gasteiger partial charge in [0.1, 0.15) is 5.75 Å². The molecule has 1 aromatic rings. The fraction of sp³-hybridized carbons (Fsp3) is 0.600. The number of hydrogen-bond donors (Lipinski definition) is 1. The topological polar surface area (TPSA) is 29.5 Å². The molecule has 1 unspecified atom stereocenters. The molecule has 0 spiro atoms. The molecule has 0 aromatic heterocycles. The van der Waals surface area contributed by atoms with Gasteiger partial charge < -0.3 is 9.84 Å². The number of rotatable bonds is 5. The summed E-state index contributed by atoms with van der Waals surface area (Å²) in [6.45, 7) is 6.90. The van der Waals surface area contributed by atoms with E-state index in [4.69, 9.17) is 4.74 Å². The van der Waals surface area contributed by atoms with Gasteiger partial charge in [0, 0.05) is 5.41 Å². The standard InChI is InChI=1S/C15H21F3O2/c1-5-14(4,8-19)9-20-12-6-10(2)13(11(3)7-12)15(16,17)18/h6-7,19H,5,8-9H2,1-4H3. The van der Waals surface area contributed by atoms with E-state index in [1.54, 1.807) is 0 Å². The van der Waals surface area contributed by atoms with E-state index in [1.165, 1.54) is 26.0 Å². The van der Waals surface area contributed by atoms with Crippen molar-refractivity contribution in [2.45, 2.75) is 40.3 Å². The van der Waals surface area contributed by atoms with E-state index in [9.17, 15) is 18.3 Å². The van der Waals surface area contributed by atoms with Gasteiger partial charge in [-0.3, -0.25) is 0 Å². The molecule has 0 aliphatic carbocycles. The van der Waals surface area contributed by atoms with Gasteiger partial charge in [-0.2, -0.15) is 13.2 Å². The van der Waals surface area contributed by atoms with Crippen LogP contribution in [0.4, 0.5) is 13.2 Å². The number of aliphatic hydroxyl groups is 1. The first kappa shape index (κ1) is 16.8. The summed E-state index contributed by atoms with van der Waals surface area (Å²) in [6.07, 6.45) is -3.63. The molecule has 0 aliphatic rings. The molecule has 2 nitrogen and oxygen atoms in total. The Kier molecular flexibility index (Phi) is 5.08. The van der Waals surface area contributed by atoms with Gasteiger partial charge in [0.25, 0.3) is 0 Å². The summed E-state index contributed by atoms with van der Waals surface area (Å²) in [4.78, 5) is 0. The van der Waals surface area contributed by atoms with Crippen LogP contribution in [-0.2, 0) is 6.18 Å². The first-order valence-corrected chi connectivity index (χ1v) is 6.55. The van der Waals surface area contributed by atoms with Crippen molar-refractivity contribution in [2.24, 2.45) is 5.41 Å². The molecule has 0 bridgehead atoms. The van der Waals surface area contributed by atoms with E-state index >= 15 is 0 Å². The predicted molar refractivity (Wildman–Crippen MR) is 71.9 cm³/mol. The third-order valence-corrected chi connectivity index (χ3v) is 3.61. The monoisotopic (exact) mass is 290 g/mol. The van der Waals surface area contributed by atoms with Gasteiger partial charge >= 0.3 is 6.18 Å². The zero-order chi connectivity index (χ0) is 15.6. The summed E-state index contributed by atoms with van der Waals surface area (Å²) in [7, 11) is 0. The van der Waals surface area contributed by atoms with Crippen LogP contribution in [0, 0.1) is 19.3 Å². The van der Waals surface area contributed by atoms with E-state index in [0.29, 0.717) is 5.75 Å². The van der Waals surface area contributed by atoms with Crippen LogP contribution in [0.3, 0.4) is 0 Å². The normalized spacial score (nSPS) is 15.0. The van der Waals surface area contributed by atoms with Crippen LogP contribution in [0.25, 0.3) is 0 Å². The highest BCUT2D eigenvalue weighted by Gasteiger charge is 2.34. The molecular formula is C15H21F3O2. The molecule has 1 rings (SSSR count). The lowest BCUT2D eigenvalue weighted by Crippen LogP contribution is -2.28. The zero-order valence-electron chi connectivity index (χ0n) is 12.3. The van der Waals surface area contributed by atoms with Crippen LogP contribution in [0.1, 0.15) is 37.0 Å². The minimum Gasteiger partial charge on any atom is -0.493 e. The summed E-state index contributed by atoms with van der Waals surface area (Å²) in [6, 6.07) is 2.78. The van der Waals surface area contributed by atoms with E-state index in [-0.39, 0.29) is 29.8 Å². The number of alkyl halides is 3. The molecule has 1 atom stereocenters. The molecule has 5 heteroatoms. The lowest BCUT2D eigenvalue weighted by molar-refractivity contribution is -0.138. The lowest BCUT2D eigenvalue weighted by atomic mass is 9.90. The summed E-state index contributed by atoms with van der Waals surface area (Å²) in [5.41, 5.74) is -0.695. The van der Waals surface area contributed by atoms with Gasteiger partial charge in [-0.1, -0.05) is 13.8 Å². The predicted octanol–water partition coefficient (Wildman–Crippen LogP) is 4.11. The van der Waals surface area contributed by atoms with Crippen molar-refractivity contribution in [3.63, 3.8) is 0 Å². The Hall–Kier alpha value is -1.23. The summed E-state index contributed by atoms with van der Waals surface area (Å²) >= 11 is 0. The third-order valence-electron chi connectivity index (χ3n) is 3.61. The molecule has 0 amide bonds. The second-order valence-corrected chi connectivity index (χ2v) is 5.54. The maximum atomic E-state index is 12.9. The minimum atomic E-state index is -4.35. The van der Waals surface area contributed by atoms with Crippen molar-refractivity contribution in [1.82, 2.24) is 0 Å². The highest BCUT2D eigenvalue weighted by Crippen LogP contribution is 2.36. The zero-order valence-corrected chi connectivity index (χ0v) is 12.3. The van der Waals surface area contributed by atoms with E-state index in [1.807, 2.05) is 13.8 Å². The molecule has 20 heavy (non-hydrogen) atoms. The summed E-state index contributed by atoms with van der Waals surface area (Å²) in [5, 5.41) is 9.29. The second kappa shape index (κ2) is 6.04. The van der Waals surface area contributed by atoms with Crippen LogP contribution in [0.15, 0.2) is 12.1 Å². The summed E-state index contributed by atoms with van der Waals surface area (Å²) in [5.74, 6) is 0.404. The molecule has 1 aromatic carbocycles. The average Bonchev–Trinajstić information content (AvgIpc) is 2.33. The average molecular weight is 290 g/mol. The molecule has 0 heterocycles. The molecule has 0 saturated heterocycles. The molecule has 0 radical (unpaired) electrons. The van der Waals surface area contributed by atoms with Gasteiger partial charge in [0.05, 0.1) is 18.8 Å². The minimum absolute atomic E-state index is 0.0257. The van der Waals surface area contributed by atoms with Crippen molar-refractivity contribution >= 4 is 0 Å². The van der Waals surface area contributed by atoms with E-state index in [2.05, 4.69) is 0 Å². The number of benzene rings is 1. The fourth-order valence-electron chi connectivity index (χ4n) is 1.97. The third kappa shape index (κ3) is 3.88. The van der Waals surface area contributed by atoms with Crippen molar-refractivity contribution in [3.8, 4) is 5.75 Å². The Morgan fingerprint density at radius 1 is 1.15 bits per heavy atom. The van der Waals surface area contributed by atoms with Crippen LogP contribution in [0.5, 0.6) is 5.75 Å². The number of aryl methyl sites for hydroxylation is 2. The molecule has 0 aliphatic heterocycles. The number of aliphatic hydroxyl groups excluding tert-OH is 1. The Labute approximate surface area is 117 Å². The molecular weight excluding hydrogens is 269 g/mol. The smallest absolute Gasteiger partial charge is 0.416 e. The SMILES string of the molecule is CCC(C)(CO)COc1cc(C)c(C(F)(F)F)c(C)c1. The Balaban J connectivity index is 2.96. The maximum Gasteiger partial charge on any atom is 0.416 e. The fourth-order valence-corrected chi connectivity index (χ4v) is 1.97. The van der Waals surface area contributed by atoms with Crippen LogP contribution in [0.2, 0.25) is 0 Å². The number of halogens is 3. The highest BCUT2D eigenvalue weighted by atomic mass is 19.4. The van der Waals surface area contributed by atoms with Gasteiger partial charge in [-0.15, -0.1) is 0 Å². The Bertz CT molecular complexity index is 440.